The van der Waals surface area contributed by atoms with E-state index in [0.29, 0.717) is 30.1 Å². The molecular weight excluding hydrogens is 396 g/mol. The van der Waals surface area contributed by atoms with Gasteiger partial charge in [-0.2, -0.15) is 0 Å². The van der Waals surface area contributed by atoms with Crippen LogP contribution in [0.25, 0.3) is 11.1 Å². The van der Waals surface area contributed by atoms with Crippen molar-refractivity contribution in [3.63, 3.8) is 0 Å². The summed E-state index contributed by atoms with van der Waals surface area (Å²) in [6, 6.07) is 23.8. The van der Waals surface area contributed by atoms with Crippen LogP contribution in [0.5, 0.6) is 0 Å². The highest BCUT2D eigenvalue weighted by Crippen LogP contribution is 2.35. The van der Waals surface area contributed by atoms with E-state index in [0.717, 1.165) is 16.8 Å². The van der Waals surface area contributed by atoms with Gasteiger partial charge in [0.1, 0.15) is 0 Å². The number of hydrogen-bond donors (Lipinski definition) is 1. The minimum atomic E-state index is -0.213. The van der Waals surface area contributed by atoms with Crippen molar-refractivity contribution >= 4 is 23.2 Å². The number of rotatable bonds is 3. The summed E-state index contributed by atoms with van der Waals surface area (Å²) in [6.07, 6.45) is 6.92. The Kier molecular flexibility index (Phi) is 5.76. The van der Waals surface area contributed by atoms with Gasteiger partial charge in [0, 0.05) is 24.2 Å². The van der Waals surface area contributed by atoms with Crippen molar-refractivity contribution in [3.8, 4) is 11.1 Å². The third kappa shape index (κ3) is 4.18. The van der Waals surface area contributed by atoms with Crippen molar-refractivity contribution in [2.75, 3.05) is 16.8 Å². The molecule has 1 saturated carbocycles. The van der Waals surface area contributed by atoms with Gasteiger partial charge in [0.05, 0.1) is 5.69 Å². The number of amides is 2. The molecule has 0 bridgehead atoms. The number of hydrogen-bond acceptors (Lipinski definition) is 2. The largest absolute Gasteiger partial charge is 0.326 e. The highest BCUT2D eigenvalue weighted by molar-refractivity contribution is 6.11. The highest BCUT2D eigenvalue weighted by atomic mass is 16.2. The zero-order valence-electron chi connectivity index (χ0n) is 18.2. The first-order chi connectivity index (χ1) is 15.7. The second kappa shape index (κ2) is 8.99. The first kappa shape index (κ1) is 20.5. The van der Waals surface area contributed by atoms with Crippen LogP contribution < -0.4 is 10.2 Å². The van der Waals surface area contributed by atoms with Gasteiger partial charge in [-0.3, -0.25) is 9.69 Å². The van der Waals surface area contributed by atoms with Gasteiger partial charge >= 0.3 is 6.03 Å². The number of para-hydroxylation sites is 1. The van der Waals surface area contributed by atoms with E-state index >= 15 is 0 Å². The van der Waals surface area contributed by atoms with Gasteiger partial charge in [-0.05, 0) is 59.7 Å². The molecule has 0 radical (unpaired) electrons. The van der Waals surface area contributed by atoms with E-state index in [2.05, 4.69) is 29.6 Å². The number of fused-ring (bicyclic) bond motifs is 1. The number of benzene rings is 3. The van der Waals surface area contributed by atoms with Gasteiger partial charge in [-0.15, -0.1) is 0 Å². The molecule has 0 unspecified atom stereocenters. The molecule has 0 spiro atoms. The van der Waals surface area contributed by atoms with Crippen LogP contribution in [0.1, 0.15) is 60.4 Å². The fourth-order valence-corrected chi connectivity index (χ4v) is 4.95. The fourth-order valence-electron chi connectivity index (χ4n) is 4.95. The number of carbonyl (C=O) groups is 2. The third-order valence-corrected chi connectivity index (χ3v) is 6.74. The average molecular weight is 425 g/mol. The van der Waals surface area contributed by atoms with Crippen molar-refractivity contribution in [2.45, 2.75) is 44.4 Å². The van der Waals surface area contributed by atoms with Gasteiger partial charge in [0.15, 0.2) is 5.78 Å². The summed E-state index contributed by atoms with van der Waals surface area (Å²) in [7, 11) is 0. The molecular formula is C28H28N2O2. The number of anilines is 2. The van der Waals surface area contributed by atoms with Gasteiger partial charge in [0.2, 0.25) is 0 Å². The SMILES string of the molecule is O=C1CCN(C(=O)Nc2ccccc2)c2ccc(-c3ccc(C4CCCCC4)cc3)cc21. The highest BCUT2D eigenvalue weighted by Gasteiger charge is 2.28. The molecule has 3 aromatic carbocycles. The summed E-state index contributed by atoms with van der Waals surface area (Å²) in [6.45, 7) is 0.389. The van der Waals surface area contributed by atoms with Crippen molar-refractivity contribution in [3.05, 3.63) is 83.9 Å². The summed E-state index contributed by atoms with van der Waals surface area (Å²) in [5, 5.41) is 2.93. The minimum Gasteiger partial charge on any atom is -0.308 e. The summed E-state index contributed by atoms with van der Waals surface area (Å²) in [5.41, 5.74) is 5.58. The number of Topliss-reactive ketones (excluding diaryl/α,β-unsaturated/α-hetero) is 1. The van der Waals surface area contributed by atoms with Crippen LogP contribution in [-0.4, -0.2) is 18.4 Å². The molecule has 1 aliphatic carbocycles. The van der Waals surface area contributed by atoms with Gasteiger partial charge in [-0.25, -0.2) is 4.79 Å². The second-order valence-electron chi connectivity index (χ2n) is 8.81. The third-order valence-electron chi connectivity index (χ3n) is 6.74. The first-order valence-corrected chi connectivity index (χ1v) is 11.6. The minimum absolute atomic E-state index is 0.0874. The van der Waals surface area contributed by atoms with Crippen LogP contribution in [0, 0.1) is 0 Å². The molecule has 1 aliphatic heterocycles. The lowest BCUT2D eigenvalue weighted by molar-refractivity contribution is 0.0981. The van der Waals surface area contributed by atoms with Gasteiger partial charge in [0.25, 0.3) is 0 Å². The zero-order chi connectivity index (χ0) is 21.9. The van der Waals surface area contributed by atoms with Gasteiger partial charge < -0.3 is 5.32 Å². The molecule has 0 saturated heterocycles. The maximum Gasteiger partial charge on any atom is 0.326 e. The Hall–Kier alpha value is -3.40. The van der Waals surface area contributed by atoms with Crippen molar-refractivity contribution in [2.24, 2.45) is 0 Å². The smallest absolute Gasteiger partial charge is 0.308 e. The lowest BCUT2D eigenvalue weighted by atomic mass is 9.83. The van der Waals surface area contributed by atoms with Crippen LogP contribution in [-0.2, 0) is 0 Å². The second-order valence-corrected chi connectivity index (χ2v) is 8.81. The quantitative estimate of drug-likeness (QED) is 0.491. The molecule has 0 aromatic heterocycles. The maximum atomic E-state index is 12.9. The molecule has 1 N–H and O–H groups in total. The maximum absolute atomic E-state index is 12.9. The number of nitrogens with one attached hydrogen (secondary N) is 1. The number of carbonyl (C=O) groups excluding carboxylic acids is 2. The Bertz CT molecular complexity index is 1120. The molecule has 1 heterocycles. The summed E-state index contributed by atoms with van der Waals surface area (Å²) < 4.78 is 0. The van der Waals surface area contributed by atoms with E-state index in [1.165, 1.54) is 37.7 Å². The van der Waals surface area contributed by atoms with E-state index in [1.807, 2.05) is 48.5 Å². The predicted molar refractivity (Wildman–Crippen MR) is 129 cm³/mol. The fraction of sp³-hybridized carbons (Fsp3) is 0.286. The molecule has 4 heteroatoms. The monoisotopic (exact) mass is 424 g/mol. The van der Waals surface area contributed by atoms with Gasteiger partial charge in [-0.1, -0.05) is 67.8 Å². The van der Waals surface area contributed by atoms with Crippen molar-refractivity contribution < 1.29 is 9.59 Å². The Balaban J connectivity index is 1.38. The Morgan fingerprint density at radius 3 is 2.31 bits per heavy atom. The van der Waals surface area contributed by atoms with Crippen molar-refractivity contribution in [1.82, 2.24) is 0 Å². The van der Waals surface area contributed by atoms with E-state index in [4.69, 9.17) is 0 Å². The molecule has 32 heavy (non-hydrogen) atoms. The van der Waals surface area contributed by atoms with E-state index in [9.17, 15) is 9.59 Å². The molecule has 4 nitrogen and oxygen atoms in total. The predicted octanol–water partition coefficient (Wildman–Crippen LogP) is 7.03. The lowest BCUT2D eigenvalue weighted by Gasteiger charge is -2.29. The lowest BCUT2D eigenvalue weighted by Crippen LogP contribution is -2.40. The molecule has 2 amide bonds. The topological polar surface area (TPSA) is 49.4 Å². The zero-order valence-corrected chi connectivity index (χ0v) is 18.2. The molecule has 162 valence electrons. The van der Waals surface area contributed by atoms with Crippen LogP contribution in [0.4, 0.5) is 16.2 Å². The number of urea groups is 1. The number of ketones is 1. The molecule has 1 fully saturated rings. The first-order valence-electron chi connectivity index (χ1n) is 11.6. The van der Waals surface area contributed by atoms with E-state index in [-0.39, 0.29) is 11.8 Å². The summed E-state index contributed by atoms with van der Waals surface area (Å²) in [4.78, 5) is 27.2. The van der Waals surface area contributed by atoms with Crippen LogP contribution in [0.3, 0.4) is 0 Å². The Morgan fingerprint density at radius 1 is 0.844 bits per heavy atom. The summed E-state index contributed by atoms with van der Waals surface area (Å²) >= 11 is 0. The normalized spacial score (nSPS) is 16.5. The molecule has 2 aliphatic rings. The molecule has 5 rings (SSSR count). The Labute approximate surface area is 189 Å². The Morgan fingerprint density at radius 2 is 1.56 bits per heavy atom. The number of nitrogens with zero attached hydrogens (tertiary/aromatic N) is 1. The van der Waals surface area contributed by atoms with E-state index in [1.54, 1.807) is 4.90 Å². The van der Waals surface area contributed by atoms with Crippen molar-refractivity contribution in [1.29, 1.82) is 0 Å². The molecule has 3 aromatic rings. The molecule has 0 atom stereocenters. The van der Waals surface area contributed by atoms with Crippen LogP contribution in [0.15, 0.2) is 72.8 Å². The van der Waals surface area contributed by atoms with Crippen LogP contribution in [0.2, 0.25) is 0 Å². The summed E-state index contributed by atoms with van der Waals surface area (Å²) in [5.74, 6) is 0.768. The van der Waals surface area contributed by atoms with E-state index < -0.39 is 0 Å². The standard InChI is InChI=1S/C28H28N2O2/c31-27-17-18-30(28(32)29-24-9-5-2-6-10-24)26-16-15-23(19-25(26)27)22-13-11-21(12-14-22)20-7-3-1-4-8-20/h2,5-6,9-16,19-20H,1,3-4,7-8,17-18H2,(H,29,32). The average Bonchev–Trinajstić information content (AvgIpc) is 2.85. The van der Waals surface area contributed by atoms with Crippen LogP contribution >= 0.6 is 0 Å².